The van der Waals surface area contributed by atoms with Gasteiger partial charge in [-0.2, -0.15) is 0 Å². The van der Waals surface area contributed by atoms with Gasteiger partial charge in [0.25, 0.3) is 5.69 Å². The summed E-state index contributed by atoms with van der Waals surface area (Å²) in [7, 11) is 0. The standard InChI is InChI=1S/C27H28N2O6/c1-27(2,3)35-26(32)28(18-19-9-5-4-6-10-19)16-15-20-11-7-8-12-22(20)23-14-13-21(25(30)31)17-24(23)29(33)34/h4-14,17H,15-16,18H2,1-3H3,(H,30,31). The summed E-state index contributed by atoms with van der Waals surface area (Å²) in [6.07, 6.45) is -0.0317. The predicted octanol–water partition coefficient (Wildman–Crippen LogP) is 5.94. The minimum atomic E-state index is -1.23. The first-order valence-electron chi connectivity index (χ1n) is 11.2. The van der Waals surface area contributed by atoms with Crippen LogP contribution in [0.15, 0.2) is 72.8 Å². The summed E-state index contributed by atoms with van der Waals surface area (Å²) in [6.45, 7) is 6.09. The fourth-order valence-corrected chi connectivity index (χ4v) is 3.67. The molecule has 8 heteroatoms. The second kappa shape index (κ2) is 10.8. The molecule has 0 aliphatic carbocycles. The lowest BCUT2D eigenvalue weighted by molar-refractivity contribution is -0.384. The Labute approximate surface area is 203 Å². The van der Waals surface area contributed by atoms with Gasteiger partial charge in [0.2, 0.25) is 0 Å². The van der Waals surface area contributed by atoms with E-state index in [0.29, 0.717) is 30.6 Å². The van der Waals surface area contributed by atoms with Crippen LogP contribution < -0.4 is 0 Å². The predicted molar refractivity (Wildman–Crippen MR) is 132 cm³/mol. The summed E-state index contributed by atoms with van der Waals surface area (Å²) in [5.74, 6) is -1.23. The molecule has 0 spiro atoms. The van der Waals surface area contributed by atoms with Crippen molar-refractivity contribution in [2.24, 2.45) is 0 Å². The maximum absolute atomic E-state index is 12.9. The van der Waals surface area contributed by atoms with Crippen molar-refractivity contribution in [3.63, 3.8) is 0 Å². The number of hydrogen-bond donors (Lipinski definition) is 1. The molecule has 0 aliphatic rings. The Morgan fingerprint density at radius 2 is 1.63 bits per heavy atom. The molecule has 0 atom stereocenters. The normalized spacial score (nSPS) is 11.1. The lowest BCUT2D eigenvalue weighted by Crippen LogP contribution is -2.37. The maximum Gasteiger partial charge on any atom is 0.410 e. The topological polar surface area (TPSA) is 110 Å². The minimum Gasteiger partial charge on any atom is -0.478 e. The number of rotatable bonds is 8. The number of ether oxygens (including phenoxy) is 1. The minimum absolute atomic E-state index is 0.156. The quantitative estimate of drug-likeness (QED) is 0.318. The number of amides is 1. The second-order valence-electron chi connectivity index (χ2n) is 9.09. The summed E-state index contributed by atoms with van der Waals surface area (Å²) < 4.78 is 5.60. The van der Waals surface area contributed by atoms with Gasteiger partial charge in [-0.3, -0.25) is 10.1 Å². The maximum atomic E-state index is 12.9. The van der Waals surface area contributed by atoms with Crippen LogP contribution in [0, 0.1) is 10.1 Å². The highest BCUT2D eigenvalue weighted by Gasteiger charge is 2.24. The zero-order chi connectivity index (χ0) is 25.6. The van der Waals surface area contributed by atoms with Crippen LogP contribution in [0.3, 0.4) is 0 Å². The van der Waals surface area contributed by atoms with Gasteiger partial charge in [-0.05, 0) is 56.0 Å². The molecular formula is C27H28N2O6. The number of carboxylic acid groups (broad SMARTS) is 1. The van der Waals surface area contributed by atoms with Crippen molar-refractivity contribution < 1.29 is 24.4 Å². The highest BCUT2D eigenvalue weighted by Crippen LogP contribution is 2.33. The molecule has 35 heavy (non-hydrogen) atoms. The van der Waals surface area contributed by atoms with Crippen LogP contribution >= 0.6 is 0 Å². The Morgan fingerprint density at radius 3 is 2.26 bits per heavy atom. The molecule has 1 N–H and O–H groups in total. The zero-order valence-electron chi connectivity index (χ0n) is 19.9. The smallest absolute Gasteiger partial charge is 0.410 e. The van der Waals surface area contributed by atoms with E-state index in [0.717, 1.165) is 17.2 Å². The molecule has 0 saturated heterocycles. The number of aromatic carboxylic acids is 1. The largest absolute Gasteiger partial charge is 0.478 e. The van der Waals surface area contributed by atoms with Gasteiger partial charge in [0.1, 0.15) is 5.60 Å². The molecule has 0 unspecified atom stereocenters. The molecule has 3 aromatic carbocycles. The van der Waals surface area contributed by atoms with E-state index in [9.17, 15) is 24.8 Å². The van der Waals surface area contributed by atoms with Crippen molar-refractivity contribution in [1.82, 2.24) is 4.90 Å². The van der Waals surface area contributed by atoms with E-state index in [-0.39, 0.29) is 11.3 Å². The van der Waals surface area contributed by atoms with Crippen LogP contribution in [0.4, 0.5) is 10.5 Å². The van der Waals surface area contributed by atoms with Gasteiger partial charge in [-0.25, -0.2) is 9.59 Å². The lowest BCUT2D eigenvalue weighted by atomic mass is 9.95. The summed E-state index contributed by atoms with van der Waals surface area (Å²) in [4.78, 5) is 37.0. The van der Waals surface area contributed by atoms with Gasteiger partial charge in [0.15, 0.2) is 0 Å². The third-order valence-corrected chi connectivity index (χ3v) is 5.27. The highest BCUT2D eigenvalue weighted by atomic mass is 16.6. The fourth-order valence-electron chi connectivity index (χ4n) is 3.67. The Hall–Kier alpha value is -4.20. The van der Waals surface area contributed by atoms with E-state index in [1.54, 1.807) is 37.8 Å². The molecule has 0 aromatic heterocycles. The van der Waals surface area contributed by atoms with Crippen molar-refractivity contribution in [1.29, 1.82) is 0 Å². The first-order chi connectivity index (χ1) is 16.5. The molecule has 3 aromatic rings. The van der Waals surface area contributed by atoms with Crippen LogP contribution in [-0.2, 0) is 17.7 Å². The van der Waals surface area contributed by atoms with Gasteiger partial charge in [-0.1, -0.05) is 54.6 Å². The third-order valence-electron chi connectivity index (χ3n) is 5.27. The molecule has 0 heterocycles. The van der Waals surface area contributed by atoms with E-state index in [2.05, 4.69) is 0 Å². The lowest BCUT2D eigenvalue weighted by Gasteiger charge is -2.28. The van der Waals surface area contributed by atoms with Crippen molar-refractivity contribution in [3.05, 3.63) is 99.6 Å². The van der Waals surface area contributed by atoms with Crippen LogP contribution in [0.25, 0.3) is 11.1 Å². The molecule has 0 saturated carbocycles. The molecule has 0 aliphatic heterocycles. The van der Waals surface area contributed by atoms with Gasteiger partial charge >= 0.3 is 12.1 Å². The number of nitro groups is 1. The Morgan fingerprint density at radius 1 is 0.971 bits per heavy atom. The monoisotopic (exact) mass is 476 g/mol. The molecule has 182 valence electrons. The molecule has 1 amide bonds. The van der Waals surface area contributed by atoms with Gasteiger partial charge in [0.05, 0.1) is 16.1 Å². The third kappa shape index (κ3) is 6.89. The van der Waals surface area contributed by atoms with Crippen molar-refractivity contribution in [3.8, 4) is 11.1 Å². The average Bonchev–Trinajstić information content (AvgIpc) is 2.81. The Balaban J connectivity index is 1.92. The summed E-state index contributed by atoms with van der Waals surface area (Å²) in [6, 6.07) is 20.6. The molecule has 0 bridgehead atoms. The van der Waals surface area contributed by atoms with E-state index < -0.39 is 22.6 Å². The van der Waals surface area contributed by atoms with E-state index >= 15 is 0 Å². The SMILES string of the molecule is CC(C)(C)OC(=O)N(CCc1ccccc1-c1ccc(C(=O)O)cc1[N+](=O)[O-])Cc1ccccc1. The molecular weight excluding hydrogens is 448 g/mol. The van der Waals surface area contributed by atoms with Crippen LogP contribution in [0.5, 0.6) is 0 Å². The first-order valence-corrected chi connectivity index (χ1v) is 11.2. The number of hydrogen-bond acceptors (Lipinski definition) is 5. The molecule has 8 nitrogen and oxygen atoms in total. The van der Waals surface area contributed by atoms with Crippen LogP contribution in [0.2, 0.25) is 0 Å². The molecule has 0 radical (unpaired) electrons. The number of benzene rings is 3. The van der Waals surface area contributed by atoms with E-state index in [1.807, 2.05) is 42.5 Å². The summed E-state index contributed by atoms with van der Waals surface area (Å²) >= 11 is 0. The first kappa shape index (κ1) is 25.4. The zero-order valence-corrected chi connectivity index (χ0v) is 19.9. The van der Waals surface area contributed by atoms with Gasteiger partial charge < -0.3 is 14.7 Å². The molecule has 3 rings (SSSR count). The van der Waals surface area contributed by atoms with Crippen LogP contribution in [-0.4, -0.2) is 39.1 Å². The van der Waals surface area contributed by atoms with E-state index in [1.165, 1.54) is 12.1 Å². The average molecular weight is 477 g/mol. The fraction of sp³-hybridized carbons (Fsp3) is 0.259. The van der Waals surface area contributed by atoms with Crippen molar-refractivity contribution in [2.75, 3.05) is 6.54 Å². The second-order valence-corrected chi connectivity index (χ2v) is 9.09. The Bertz CT molecular complexity index is 1220. The van der Waals surface area contributed by atoms with Crippen molar-refractivity contribution >= 4 is 17.7 Å². The van der Waals surface area contributed by atoms with Gasteiger partial charge in [0, 0.05) is 19.2 Å². The number of nitro benzene ring substituents is 1. The number of nitrogens with zero attached hydrogens (tertiary/aromatic N) is 2. The van der Waals surface area contributed by atoms with Crippen LogP contribution in [0.1, 0.15) is 42.3 Å². The number of carboxylic acids is 1. The van der Waals surface area contributed by atoms with Gasteiger partial charge in [-0.15, -0.1) is 0 Å². The summed E-state index contributed by atoms with van der Waals surface area (Å²) in [5, 5.41) is 20.9. The van der Waals surface area contributed by atoms with E-state index in [4.69, 9.17) is 4.74 Å². The highest BCUT2D eigenvalue weighted by molar-refractivity contribution is 5.90. The summed E-state index contributed by atoms with van der Waals surface area (Å²) in [5.41, 5.74) is 1.58. The van der Waals surface area contributed by atoms with Crippen molar-refractivity contribution in [2.45, 2.75) is 39.3 Å². The number of carbonyl (C=O) groups excluding carboxylic acids is 1. The number of carbonyl (C=O) groups is 2. The molecule has 0 fully saturated rings. The Kier molecular flexibility index (Phi) is 7.86.